The van der Waals surface area contributed by atoms with Crippen molar-refractivity contribution in [3.05, 3.63) is 4.91 Å². The Morgan fingerprint density at radius 3 is 2.50 bits per heavy atom. The largest absolute Gasteiger partial charge is 0.300 e. The van der Waals surface area contributed by atoms with Gasteiger partial charge in [-0.05, 0) is 27.2 Å². The standard InChI is InChI=1S/C7H13NO2/c1-6(9)4-5-7(2,3)8-10/h4-5H2,1-3H3/i4D. The highest BCUT2D eigenvalue weighted by Crippen LogP contribution is 2.15. The van der Waals surface area contributed by atoms with Crippen molar-refractivity contribution in [3.8, 4) is 0 Å². The number of carbonyl (C=O) groups is 1. The molecule has 0 N–H and O–H groups in total. The molecule has 0 bridgehead atoms. The fraction of sp³-hybridized carbons (Fsp3) is 0.857. The molecule has 0 aliphatic rings. The van der Waals surface area contributed by atoms with Crippen molar-refractivity contribution < 1.29 is 6.17 Å². The Bertz CT molecular complexity index is 168. The van der Waals surface area contributed by atoms with E-state index < -0.39 is 11.9 Å². The molecule has 0 amide bonds. The Hall–Kier alpha value is -0.730. The first kappa shape index (κ1) is 7.38. The lowest BCUT2D eigenvalue weighted by Gasteiger charge is -2.12. The Kier molecular flexibility index (Phi) is 2.54. The van der Waals surface area contributed by atoms with Crippen LogP contribution in [0.5, 0.6) is 0 Å². The summed E-state index contributed by atoms with van der Waals surface area (Å²) < 4.78 is 7.24. The number of nitrogens with zero attached hydrogens (tertiary/aromatic N) is 1. The third-order valence-electron chi connectivity index (χ3n) is 1.14. The molecule has 0 aromatic rings. The van der Waals surface area contributed by atoms with Crippen molar-refractivity contribution in [1.29, 1.82) is 0 Å². The fourth-order valence-electron chi connectivity index (χ4n) is 0.431. The lowest BCUT2D eigenvalue weighted by molar-refractivity contribution is -0.117. The van der Waals surface area contributed by atoms with E-state index in [0.717, 1.165) is 0 Å². The van der Waals surface area contributed by atoms with Crippen LogP contribution in [0.2, 0.25) is 0 Å². The zero-order chi connectivity index (χ0) is 9.07. The summed E-state index contributed by atoms with van der Waals surface area (Å²) in [6, 6.07) is 0. The Balaban J connectivity index is 4.03. The van der Waals surface area contributed by atoms with Crippen molar-refractivity contribution >= 4 is 5.78 Å². The highest BCUT2D eigenvalue weighted by Gasteiger charge is 2.17. The van der Waals surface area contributed by atoms with E-state index in [1.807, 2.05) is 0 Å². The van der Waals surface area contributed by atoms with E-state index in [-0.39, 0.29) is 12.2 Å². The van der Waals surface area contributed by atoms with Gasteiger partial charge in [0.25, 0.3) is 0 Å². The minimum absolute atomic E-state index is 0.200. The Labute approximate surface area is 62.2 Å². The minimum Gasteiger partial charge on any atom is -0.300 e. The summed E-state index contributed by atoms with van der Waals surface area (Å²) in [4.78, 5) is 20.7. The molecule has 0 aromatic heterocycles. The van der Waals surface area contributed by atoms with Gasteiger partial charge >= 0.3 is 0 Å². The molecule has 0 rings (SSSR count). The molecule has 3 nitrogen and oxygen atoms in total. The van der Waals surface area contributed by atoms with Crippen molar-refractivity contribution in [1.82, 2.24) is 0 Å². The Morgan fingerprint density at radius 2 is 2.20 bits per heavy atom. The van der Waals surface area contributed by atoms with Crippen molar-refractivity contribution in [2.24, 2.45) is 5.18 Å². The lowest BCUT2D eigenvalue weighted by atomic mass is 9.99. The molecule has 1 atom stereocenters. The van der Waals surface area contributed by atoms with Gasteiger partial charge in [0.1, 0.15) is 5.78 Å². The summed E-state index contributed by atoms with van der Waals surface area (Å²) in [5, 5.41) is 2.82. The molecule has 3 heteroatoms. The predicted molar refractivity (Wildman–Crippen MR) is 39.8 cm³/mol. The molecule has 0 aromatic carbocycles. The summed E-state index contributed by atoms with van der Waals surface area (Å²) >= 11 is 0. The maximum absolute atomic E-state index is 10.6. The Morgan fingerprint density at radius 1 is 1.70 bits per heavy atom. The van der Waals surface area contributed by atoms with Gasteiger partial charge in [-0.3, -0.25) is 0 Å². The second-order valence-corrected chi connectivity index (χ2v) is 2.92. The fourth-order valence-corrected chi connectivity index (χ4v) is 0.431. The summed E-state index contributed by atoms with van der Waals surface area (Å²) in [6.07, 6.45) is -0.617. The van der Waals surface area contributed by atoms with Gasteiger partial charge < -0.3 is 4.79 Å². The van der Waals surface area contributed by atoms with Crippen LogP contribution in [0.3, 0.4) is 0 Å². The van der Waals surface area contributed by atoms with Crippen LogP contribution in [0.25, 0.3) is 0 Å². The van der Waals surface area contributed by atoms with Crippen LogP contribution < -0.4 is 0 Å². The van der Waals surface area contributed by atoms with Crippen LogP contribution in [-0.4, -0.2) is 11.3 Å². The first-order chi connectivity index (χ1) is 4.89. The number of hydrogen-bond acceptors (Lipinski definition) is 3. The van der Waals surface area contributed by atoms with Gasteiger partial charge in [-0.25, -0.2) is 0 Å². The normalized spacial score (nSPS) is 15.7. The third-order valence-corrected chi connectivity index (χ3v) is 1.14. The van der Waals surface area contributed by atoms with E-state index in [2.05, 4.69) is 5.18 Å². The lowest BCUT2D eigenvalue weighted by Crippen LogP contribution is -2.16. The summed E-state index contributed by atoms with van der Waals surface area (Å²) in [5.74, 6) is -0.221. The van der Waals surface area contributed by atoms with Crippen LogP contribution in [-0.2, 0) is 4.79 Å². The number of hydrogen-bond donors (Lipinski definition) is 0. The second-order valence-electron chi connectivity index (χ2n) is 2.92. The van der Waals surface area contributed by atoms with E-state index in [9.17, 15) is 9.70 Å². The summed E-state index contributed by atoms with van der Waals surface area (Å²) in [6.45, 7) is 4.58. The zero-order valence-corrected chi connectivity index (χ0v) is 6.55. The molecular weight excluding hydrogens is 130 g/mol. The van der Waals surface area contributed by atoms with Crippen molar-refractivity contribution in [3.63, 3.8) is 0 Å². The van der Waals surface area contributed by atoms with Crippen LogP contribution in [0.4, 0.5) is 0 Å². The van der Waals surface area contributed by atoms with E-state index in [1.54, 1.807) is 13.8 Å². The zero-order valence-electron chi connectivity index (χ0n) is 7.55. The molecule has 0 saturated carbocycles. The molecule has 0 heterocycles. The van der Waals surface area contributed by atoms with Crippen molar-refractivity contribution in [2.75, 3.05) is 0 Å². The highest BCUT2D eigenvalue weighted by atomic mass is 16.3. The van der Waals surface area contributed by atoms with Crippen molar-refractivity contribution in [2.45, 2.75) is 39.1 Å². The molecule has 0 fully saturated rings. The number of ketones is 1. The van der Waals surface area contributed by atoms with Crippen LogP contribution >= 0.6 is 0 Å². The number of nitroso groups, excluding NO2 is 1. The molecule has 0 spiro atoms. The van der Waals surface area contributed by atoms with Gasteiger partial charge in [0, 0.05) is 7.77 Å². The van der Waals surface area contributed by atoms with Gasteiger partial charge in [0.2, 0.25) is 0 Å². The average Bonchev–Trinajstić information content (AvgIpc) is 1.87. The molecule has 10 heavy (non-hydrogen) atoms. The molecular formula is C7H13NO2. The van der Waals surface area contributed by atoms with Gasteiger partial charge in [-0.15, -0.1) is 0 Å². The van der Waals surface area contributed by atoms with Gasteiger partial charge in [-0.1, -0.05) is 5.18 Å². The van der Waals surface area contributed by atoms with Gasteiger partial charge in [0.05, 0.1) is 5.54 Å². The molecule has 58 valence electrons. The minimum atomic E-state index is -0.817. The van der Waals surface area contributed by atoms with E-state index in [4.69, 9.17) is 1.37 Å². The van der Waals surface area contributed by atoms with Gasteiger partial charge in [-0.2, -0.15) is 4.91 Å². The quantitative estimate of drug-likeness (QED) is 0.566. The van der Waals surface area contributed by atoms with Gasteiger partial charge in [0.15, 0.2) is 0 Å². The van der Waals surface area contributed by atoms with E-state index in [0.29, 0.717) is 0 Å². The van der Waals surface area contributed by atoms with Crippen LogP contribution in [0.1, 0.15) is 35.0 Å². The third kappa shape index (κ3) is 4.18. The number of rotatable bonds is 4. The molecule has 0 aliphatic carbocycles. The predicted octanol–water partition coefficient (Wildman–Crippen LogP) is 1.90. The SMILES string of the molecule is [2H]C(CC(C)(C)N=O)C(C)=O. The maximum Gasteiger partial charge on any atom is 0.129 e. The molecule has 0 radical (unpaired) electrons. The monoisotopic (exact) mass is 144 g/mol. The topological polar surface area (TPSA) is 46.5 Å². The average molecular weight is 144 g/mol. The molecule has 0 aliphatic heterocycles. The second kappa shape index (κ2) is 3.44. The molecule has 1 unspecified atom stereocenters. The summed E-state index contributed by atoms with van der Waals surface area (Å²) in [7, 11) is 0. The van der Waals surface area contributed by atoms with Crippen LogP contribution in [0, 0.1) is 4.91 Å². The first-order valence-corrected chi connectivity index (χ1v) is 3.16. The first-order valence-electron chi connectivity index (χ1n) is 3.74. The van der Waals surface area contributed by atoms with Crippen LogP contribution in [0.15, 0.2) is 5.18 Å². The van der Waals surface area contributed by atoms with E-state index >= 15 is 0 Å². The molecule has 0 saturated heterocycles. The summed E-state index contributed by atoms with van der Waals surface area (Å²) in [5.41, 5.74) is -0.794. The highest BCUT2D eigenvalue weighted by molar-refractivity contribution is 5.75. The number of carbonyl (C=O) groups excluding carboxylic acids is 1. The maximum atomic E-state index is 10.6. The smallest absolute Gasteiger partial charge is 0.129 e. The number of Topliss-reactive ketones (excluding diaryl/α,β-unsaturated/α-hetero) is 1. The van der Waals surface area contributed by atoms with E-state index in [1.165, 1.54) is 6.92 Å².